The Morgan fingerprint density at radius 1 is 1.29 bits per heavy atom. The van der Waals surface area contributed by atoms with Gasteiger partial charge in [0.05, 0.1) is 11.9 Å². The minimum atomic E-state index is -1.11. The number of rotatable bonds is 5. The van der Waals surface area contributed by atoms with E-state index in [-0.39, 0.29) is 24.6 Å². The number of nitrogens with zero attached hydrogens (tertiary/aromatic N) is 2. The Balaban J connectivity index is 1.49. The number of aryl methyl sites for hydroxylation is 1. The third kappa shape index (κ3) is 4.04. The summed E-state index contributed by atoms with van der Waals surface area (Å²) in [5.41, 5.74) is 0.234. The lowest BCUT2D eigenvalue weighted by Gasteiger charge is -2.39. The van der Waals surface area contributed by atoms with Crippen molar-refractivity contribution in [1.82, 2.24) is 4.98 Å². The van der Waals surface area contributed by atoms with Gasteiger partial charge in [-0.05, 0) is 49.9 Å². The van der Waals surface area contributed by atoms with Gasteiger partial charge in [-0.3, -0.25) is 9.59 Å². The highest BCUT2D eigenvalue weighted by Crippen LogP contribution is 2.38. The maximum Gasteiger partial charge on any atom is 0.313 e. The number of aromatic nitrogens is 1. The molecule has 31 heavy (non-hydrogen) atoms. The van der Waals surface area contributed by atoms with Crippen LogP contribution in [-0.4, -0.2) is 41.7 Å². The number of carboxylic acid groups (broad SMARTS) is 1. The molecule has 1 saturated heterocycles. The SMILES string of the molecule is Cc1cc(F)cnc1N1CCC(COc2ccc(F)c3c2CCC(=O)N3)(C(=O)O)CC1. The standard InChI is InChI=1S/C22H23F2N3O4/c1-13-10-14(23)11-25-20(13)27-8-6-22(7-9-27,21(29)30)12-31-17-4-3-16(24)19-15(17)2-5-18(28)26-19/h3-4,10-11H,2,5-9,12H2,1H3,(H,26,28)(H,29,30). The number of nitrogens with one attached hydrogen (secondary N) is 1. The molecule has 9 heteroatoms. The van der Waals surface area contributed by atoms with E-state index in [9.17, 15) is 23.5 Å². The van der Waals surface area contributed by atoms with Crippen molar-refractivity contribution in [2.75, 3.05) is 29.9 Å². The summed E-state index contributed by atoms with van der Waals surface area (Å²) in [6, 6.07) is 4.09. The van der Waals surface area contributed by atoms with E-state index in [2.05, 4.69) is 10.3 Å². The number of carbonyl (C=O) groups excluding carboxylic acids is 1. The second kappa shape index (κ2) is 8.13. The van der Waals surface area contributed by atoms with E-state index in [1.807, 2.05) is 4.90 Å². The summed E-state index contributed by atoms with van der Waals surface area (Å²) in [4.78, 5) is 29.9. The predicted molar refractivity (Wildman–Crippen MR) is 109 cm³/mol. The molecule has 1 amide bonds. The summed E-state index contributed by atoms with van der Waals surface area (Å²) < 4.78 is 33.3. The number of halogens is 2. The zero-order valence-corrected chi connectivity index (χ0v) is 17.1. The van der Waals surface area contributed by atoms with Crippen LogP contribution < -0.4 is 15.0 Å². The molecular weight excluding hydrogens is 408 g/mol. The molecule has 2 aliphatic rings. The summed E-state index contributed by atoms with van der Waals surface area (Å²) in [6.07, 6.45) is 2.34. The van der Waals surface area contributed by atoms with Crippen LogP contribution >= 0.6 is 0 Å². The van der Waals surface area contributed by atoms with Crippen molar-refractivity contribution >= 4 is 23.4 Å². The largest absolute Gasteiger partial charge is 0.492 e. The summed E-state index contributed by atoms with van der Waals surface area (Å²) in [5, 5.41) is 12.5. The Labute approximate surface area is 178 Å². The quantitative estimate of drug-likeness (QED) is 0.755. The zero-order valence-electron chi connectivity index (χ0n) is 17.1. The van der Waals surface area contributed by atoms with Gasteiger partial charge in [-0.2, -0.15) is 0 Å². The molecule has 0 radical (unpaired) electrons. The maximum absolute atomic E-state index is 14.1. The van der Waals surface area contributed by atoms with Crippen molar-refractivity contribution in [2.24, 2.45) is 5.41 Å². The second-order valence-electron chi connectivity index (χ2n) is 8.10. The minimum Gasteiger partial charge on any atom is -0.492 e. The average Bonchev–Trinajstić information content (AvgIpc) is 2.74. The number of carbonyl (C=O) groups is 2. The summed E-state index contributed by atoms with van der Waals surface area (Å²) in [7, 11) is 0. The molecule has 0 atom stereocenters. The molecule has 7 nitrogen and oxygen atoms in total. The Morgan fingerprint density at radius 2 is 2.03 bits per heavy atom. The van der Waals surface area contributed by atoms with Gasteiger partial charge in [0.2, 0.25) is 5.91 Å². The third-order valence-electron chi connectivity index (χ3n) is 6.08. The van der Waals surface area contributed by atoms with Gasteiger partial charge in [0.25, 0.3) is 0 Å². The van der Waals surface area contributed by atoms with Crippen LogP contribution in [0.25, 0.3) is 0 Å². The Morgan fingerprint density at radius 3 is 2.71 bits per heavy atom. The molecule has 0 spiro atoms. The van der Waals surface area contributed by atoms with Gasteiger partial charge in [-0.25, -0.2) is 13.8 Å². The Hall–Kier alpha value is -3.23. The van der Waals surface area contributed by atoms with Gasteiger partial charge in [0, 0.05) is 25.1 Å². The summed E-state index contributed by atoms with van der Waals surface area (Å²) in [6.45, 7) is 2.57. The fourth-order valence-corrected chi connectivity index (χ4v) is 4.21. The molecular formula is C22H23F2N3O4. The zero-order chi connectivity index (χ0) is 22.2. The molecule has 1 fully saturated rings. The first-order chi connectivity index (χ1) is 14.8. The van der Waals surface area contributed by atoms with Crippen LogP contribution in [0.15, 0.2) is 24.4 Å². The highest BCUT2D eigenvalue weighted by Gasteiger charge is 2.43. The molecule has 0 unspecified atom stereocenters. The van der Waals surface area contributed by atoms with Crippen molar-refractivity contribution in [3.8, 4) is 5.75 Å². The highest BCUT2D eigenvalue weighted by atomic mass is 19.1. The van der Waals surface area contributed by atoms with Crippen molar-refractivity contribution in [3.05, 3.63) is 47.2 Å². The van der Waals surface area contributed by atoms with Crippen LogP contribution in [0.2, 0.25) is 0 Å². The lowest BCUT2D eigenvalue weighted by molar-refractivity contribution is -0.152. The first-order valence-corrected chi connectivity index (χ1v) is 10.1. The number of anilines is 2. The topological polar surface area (TPSA) is 91.8 Å². The van der Waals surface area contributed by atoms with E-state index in [0.29, 0.717) is 55.0 Å². The maximum atomic E-state index is 14.1. The molecule has 0 bridgehead atoms. The molecule has 0 aliphatic carbocycles. The van der Waals surface area contributed by atoms with Gasteiger partial charge >= 0.3 is 5.97 Å². The van der Waals surface area contributed by atoms with Crippen LogP contribution in [-0.2, 0) is 16.0 Å². The van der Waals surface area contributed by atoms with Gasteiger partial charge in [-0.15, -0.1) is 0 Å². The van der Waals surface area contributed by atoms with E-state index in [4.69, 9.17) is 4.74 Å². The molecule has 164 valence electrons. The monoisotopic (exact) mass is 431 g/mol. The van der Waals surface area contributed by atoms with Crippen molar-refractivity contribution in [3.63, 3.8) is 0 Å². The fourth-order valence-electron chi connectivity index (χ4n) is 4.21. The molecule has 0 saturated carbocycles. The number of fused-ring (bicyclic) bond motifs is 1. The number of amides is 1. The Kier molecular flexibility index (Phi) is 5.51. The molecule has 2 aromatic rings. The van der Waals surface area contributed by atoms with E-state index in [1.54, 1.807) is 6.92 Å². The number of piperidine rings is 1. The summed E-state index contributed by atoms with van der Waals surface area (Å²) in [5.74, 6) is -1.15. The van der Waals surface area contributed by atoms with E-state index in [1.165, 1.54) is 18.2 Å². The number of hydrogen-bond donors (Lipinski definition) is 2. The van der Waals surface area contributed by atoms with Gasteiger partial charge in [-0.1, -0.05) is 0 Å². The number of hydrogen-bond acceptors (Lipinski definition) is 5. The summed E-state index contributed by atoms with van der Waals surface area (Å²) >= 11 is 0. The second-order valence-corrected chi connectivity index (χ2v) is 8.10. The lowest BCUT2D eigenvalue weighted by Crippen LogP contribution is -2.48. The lowest BCUT2D eigenvalue weighted by atomic mass is 9.79. The number of pyridine rings is 1. The Bertz CT molecular complexity index is 1040. The van der Waals surface area contributed by atoms with Crippen molar-refractivity contribution < 1.29 is 28.2 Å². The van der Waals surface area contributed by atoms with Gasteiger partial charge in [0.15, 0.2) is 0 Å². The first kappa shape index (κ1) is 21.0. The molecule has 4 rings (SSSR count). The van der Waals surface area contributed by atoms with Crippen LogP contribution in [0.4, 0.5) is 20.3 Å². The molecule has 2 N–H and O–H groups in total. The number of aliphatic carboxylic acids is 1. The molecule has 1 aromatic heterocycles. The van der Waals surface area contributed by atoms with Crippen LogP contribution in [0, 0.1) is 24.0 Å². The number of benzene rings is 1. The highest BCUT2D eigenvalue weighted by molar-refractivity contribution is 5.94. The van der Waals surface area contributed by atoms with Gasteiger partial charge < -0.3 is 20.1 Å². The van der Waals surface area contributed by atoms with E-state index in [0.717, 1.165) is 6.20 Å². The predicted octanol–water partition coefficient (Wildman–Crippen LogP) is 3.30. The fraction of sp³-hybridized carbons (Fsp3) is 0.409. The third-order valence-corrected chi connectivity index (χ3v) is 6.08. The molecule has 3 heterocycles. The van der Waals surface area contributed by atoms with E-state index < -0.39 is 23.0 Å². The van der Waals surface area contributed by atoms with E-state index >= 15 is 0 Å². The normalized spacial score (nSPS) is 17.6. The van der Waals surface area contributed by atoms with Crippen LogP contribution in [0.3, 0.4) is 0 Å². The molecule has 1 aromatic carbocycles. The smallest absolute Gasteiger partial charge is 0.313 e. The van der Waals surface area contributed by atoms with Crippen molar-refractivity contribution in [1.29, 1.82) is 0 Å². The average molecular weight is 431 g/mol. The van der Waals surface area contributed by atoms with Crippen molar-refractivity contribution in [2.45, 2.75) is 32.6 Å². The minimum absolute atomic E-state index is 0.0714. The molecule has 2 aliphatic heterocycles. The van der Waals surface area contributed by atoms with Crippen LogP contribution in [0.1, 0.15) is 30.4 Å². The van der Waals surface area contributed by atoms with Gasteiger partial charge in [0.1, 0.15) is 35.2 Å². The van der Waals surface area contributed by atoms with Crippen LogP contribution in [0.5, 0.6) is 5.75 Å². The first-order valence-electron chi connectivity index (χ1n) is 10.1. The number of ether oxygens (including phenoxy) is 1. The number of carboxylic acids is 1.